The first kappa shape index (κ1) is 11.8. The molecule has 92 valence electrons. The van der Waals surface area contributed by atoms with E-state index in [0.717, 1.165) is 10.8 Å². The summed E-state index contributed by atoms with van der Waals surface area (Å²) < 4.78 is 1.78. The molecule has 0 fully saturated rings. The summed E-state index contributed by atoms with van der Waals surface area (Å²) in [5, 5.41) is 10.7. The molecule has 0 spiro atoms. The van der Waals surface area contributed by atoms with Crippen LogP contribution in [0.1, 0.15) is 0 Å². The van der Waals surface area contributed by atoms with E-state index in [1.165, 1.54) is 7.05 Å². The van der Waals surface area contributed by atoms with Gasteiger partial charge in [0.05, 0.1) is 16.8 Å². The molecular weight excluding hydrogens is 238 g/mol. The Hall–Kier alpha value is -2.70. The summed E-state index contributed by atoms with van der Waals surface area (Å²) in [4.78, 5) is 33.3. The van der Waals surface area contributed by atoms with Crippen LogP contribution in [0.25, 0.3) is 5.69 Å². The number of para-hydroxylation sites is 1. The predicted molar refractivity (Wildman–Crippen MR) is 63.9 cm³/mol. The Morgan fingerprint density at radius 3 is 2.33 bits per heavy atom. The molecule has 0 saturated heterocycles. The Morgan fingerprint density at radius 1 is 1.17 bits per heavy atom. The van der Waals surface area contributed by atoms with E-state index in [2.05, 4.69) is 0 Å². The van der Waals surface area contributed by atoms with Gasteiger partial charge < -0.3 is 0 Å². The fourth-order valence-corrected chi connectivity index (χ4v) is 1.55. The van der Waals surface area contributed by atoms with Crippen LogP contribution in [0.15, 0.2) is 46.1 Å². The van der Waals surface area contributed by atoms with E-state index in [1.807, 2.05) is 0 Å². The van der Waals surface area contributed by atoms with Crippen LogP contribution in [0.2, 0.25) is 0 Å². The molecule has 1 heterocycles. The third-order valence-electron chi connectivity index (χ3n) is 2.50. The van der Waals surface area contributed by atoms with Crippen molar-refractivity contribution in [1.29, 1.82) is 0 Å². The maximum absolute atomic E-state index is 11.9. The molecule has 0 radical (unpaired) electrons. The Kier molecular flexibility index (Phi) is 2.80. The standard InChI is InChI=1S/C11H9N3O4/c1-12-10(15)9(14(17)18)7-13(11(12)16)8-5-3-2-4-6-8/h2-7H,1H3. The van der Waals surface area contributed by atoms with Gasteiger partial charge in [-0.15, -0.1) is 0 Å². The Bertz CT molecular complexity index is 715. The zero-order valence-electron chi connectivity index (χ0n) is 9.44. The van der Waals surface area contributed by atoms with Gasteiger partial charge in [-0.2, -0.15) is 0 Å². The minimum atomic E-state index is -0.919. The highest BCUT2D eigenvalue weighted by Gasteiger charge is 2.18. The maximum atomic E-state index is 11.9. The molecule has 2 rings (SSSR count). The quantitative estimate of drug-likeness (QED) is 0.569. The molecule has 0 aliphatic carbocycles. The highest BCUT2D eigenvalue weighted by Crippen LogP contribution is 2.07. The molecule has 0 aliphatic heterocycles. The predicted octanol–water partition coefficient (Wildman–Crippen LogP) is 0.444. The number of hydrogen-bond donors (Lipinski definition) is 0. The van der Waals surface area contributed by atoms with Crippen molar-refractivity contribution < 1.29 is 4.92 Å². The summed E-state index contributed by atoms with van der Waals surface area (Å²) in [6.45, 7) is 0. The third-order valence-corrected chi connectivity index (χ3v) is 2.50. The second-order valence-corrected chi connectivity index (χ2v) is 3.62. The normalized spacial score (nSPS) is 10.3. The van der Waals surface area contributed by atoms with E-state index in [4.69, 9.17) is 0 Å². The van der Waals surface area contributed by atoms with Crippen LogP contribution >= 0.6 is 0 Å². The van der Waals surface area contributed by atoms with Gasteiger partial charge in [0, 0.05) is 7.05 Å². The lowest BCUT2D eigenvalue weighted by atomic mass is 10.3. The first-order chi connectivity index (χ1) is 8.52. The summed E-state index contributed by atoms with van der Waals surface area (Å²) in [7, 11) is 1.21. The molecule has 2 aromatic rings. The van der Waals surface area contributed by atoms with E-state index in [1.54, 1.807) is 30.3 Å². The number of benzene rings is 1. The Morgan fingerprint density at radius 2 is 1.78 bits per heavy atom. The number of rotatable bonds is 2. The van der Waals surface area contributed by atoms with Crippen molar-refractivity contribution in [2.24, 2.45) is 7.05 Å². The van der Waals surface area contributed by atoms with Crippen LogP contribution < -0.4 is 11.2 Å². The summed E-state index contributed by atoms with van der Waals surface area (Å²) in [5.41, 5.74) is -1.73. The molecule has 7 heteroatoms. The maximum Gasteiger partial charge on any atom is 0.350 e. The molecule has 0 unspecified atom stereocenters. The van der Waals surface area contributed by atoms with Gasteiger partial charge in [-0.1, -0.05) is 18.2 Å². The number of nitrogens with zero attached hydrogens (tertiary/aromatic N) is 3. The van der Waals surface area contributed by atoms with Gasteiger partial charge in [0.25, 0.3) is 0 Å². The topological polar surface area (TPSA) is 87.1 Å². The molecule has 0 bridgehead atoms. The highest BCUT2D eigenvalue weighted by atomic mass is 16.6. The molecule has 7 nitrogen and oxygen atoms in total. The van der Waals surface area contributed by atoms with Crippen LogP contribution in [0, 0.1) is 10.1 Å². The van der Waals surface area contributed by atoms with Crippen molar-refractivity contribution in [3.8, 4) is 5.69 Å². The summed E-state index contributed by atoms with van der Waals surface area (Å²) >= 11 is 0. The molecule has 0 aliphatic rings. The van der Waals surface area contributed by atoms with Crippen molar-refractivity contribution in [1.82, 2.24) is 9.13 Å². The van der Waals surface area contributed by atoms with E-state index >= 15 is 0 Å². The lowest BCUT2D eigenvalue weighted by molar-refractivity contribution is -0.387. The number of nitro groups is 1. The van der Waals surface area contributed by atoms with Crippen molar-refractivity contribution in [2.75, 3.05) is 0 Å². The second-order valence-electron chi connectivity index (χ2n) is 3.62. The van der Waals surface area contributed by atoms with Crippen molar-refractivity contribution >= 4 is 5.69 Å². The van der Waals surface area contributed by atoms with E-state index in [-0.39, 0.29) is 0 Å². The number of aromatic nitrogens is 2. The largest absolute Gasteiger partial charge is 0.350 e. The molecule has 0 N–H and O–H groups in total. The van der Waals surface area contributed by atoms with E-state index < -0.39 is 21.9 Å². The highest BCUT2D eigenvalue weighted by molar-refractivity contribution is 5.34. The lowest BCUT2D eigenvalue weighted by Gasteiger charge is -2.06. The SMILES string of the molecule is Cn1c(=O)c([N+](=O)[O-])cn(-c2ccccc2)c1=O. The molecule has 18 heavy (non-hydrogen) atoms. The van der Waals surface area contributed by atoms with Gasteiger partial charge in [0.15, 0.2) is 0 Å². The minimum absolute atomic E-state index is 0.459. The summed E-state index contributed by atoms with van der Waals surface area (Å²) in [6, 6.07) is 8.38. The Balaban J connectivity index is 2.82. The molecule has 1 aromatic carbocycles. The smallest absolute Gasteiger partial charge is 0.262 e. The zero-order chi connectivity index (χ0) is 13.3. The van der Waals surface area contributed by atoms with E-state index in [0.29, 0.717) is 10.3 Å². The van der Waals surface area contributed by atoms with Crippen LogP contribution in [-0.4, -0.2) is 14.1 Å². The fraction of sp³-hybridized carbons (Fsp3) is 0.0909. The molecular formula is C11H9N3O4. The van der Waals surface area contributed by atoms with Gasteiger partial charge in [0.1, 0.15) is 0 Å². The third kappa shape index (κ3) is 1.81. The van der Waals surface area contributed by atoms with Crippen molar-refractivity contribution in [3.63, 3.8) is 0 Å². The van der Waals surface area contributed by atoms with Gasteiger partial charge in [-0.05, 0) is 12.1 Å². The van der Waals surface area contributed by atoms with E-state index in [9.17, 15) is 19.7 Å². The second kappa shape index (κ2) is 4.28. The molecule has 0 amide bonds. The summed E-state index contributed by atoms with van der Waals surface area (Å²) in [5.74, 6) is 0. The van der Waals surface area contributed by atoms with Crippen LogP contribution in [-0.2, 0) is 7.05 Å². The van der Waals surface area contributed by atoms with Gasteiger partial charge in [-0.3, -0.25) is 24.0 Å². The fourth-order valence-electron chi connectivity index (χ4n) is 1.55. The average molecular weight is 247 g/mol. The van der Waals surface area contributed by atoms with Gasteiger partial charge in [-0.25, -0.2) is 4.79 Å². The van der Waals surface area contributed by atoms with Gasteiger partial charge >= 0.3 is 16.9 Å². The first-order valence-electron chi connectivity index (χ1n) is 5.05. The van der Waals surface area contributed by atoms with Crippen LogP contribution in [0.4, 0.5) is 5.69 Å². The Labute approximate surface area is 101 Å². The van der Waals surface area contributed by atoms with Crippen molar-refractivity contribution in [3.05, 3.63) is 67.5 Å². The molecule has 1 aromatic heterocycles. The van der Waals surface area contributed by atoms with Gasteiger partial charge in [0.2, 0.25) is 0 Å². The monoisotopic (exact) mass is 247 g/mol. The van der Waals surface area contributed by atoms with Crippen LogP contribution in [0.3, 0.4) is 0 Å². The minimum Gasteiger partial charge on any atom is -0.262 e. The zero-order valence-corrected chi connectivity index (χ0v) is 9.44. The van der Waals surface area contributed by atoms with Crippen LogP contribution in [0.5, 0.6) is 0 Å². The molecule has 0 saturated carbocycles. The van der Waals surface area contributed by atoms with Crippen molar-refractivity contribution in [2.45, 2.75) is 0 Å². The first-order valence-corrected chi connectivity index (χ1v) is 5.05. The molecule has 0 atom stereocenters. The average Bonchev–Trinajstić information content (AvgIpc) is 2.37. The summed E-state index contributed by atoms with van der Waals surface area (Å²) in [6.07, 6.45) is 0.944. The lowest BCUT2D eigenvalue weighted by Crippen LogP contribution is -2.37. The number of hydrogen-bond acceptors (Lipinski definition) is 4.